The van der Waals surface area contributed by atoms with E-state index in [1.54, 1.807) is 6.07 Å². The van der Waals surface area contributed by atoms with Gasteiger partial charge < -0.3 is 4.74 Å². The normalized spacial score (nSPS) is 10.1. The Kier molecular flexibility index (Phi) is 3.81. The predicted molar refractivity (Wildman–Crippen MR) is 60.7 cm³/mol. The van der Waals surface area contributed by atoms with Crippen molar-refractivity contribution in [3.63, 3.8) is 0 Å². The molecule has 0 bridgehead atoms. The number of hydrogen-bond acceptors (Lipinski definition) is 2. The monoisotopic (exact) mass is 296 g/mol. The Morgan fingerprint density at radius 1 is 1.50 bits per heavy atom. The molecule has 0 amide bonds. The Morgan fingerprint density at radius 2 is 2.07 bits per heavy atom. The van der Waals surface area contributed by atoms with Crippen molar-refractivity contribution in [3.05, 3.63) is 26.1 Å². The van der Waals surface area contributed by atoms with Crippen molar-refractivity contribution in [2.45, 2.75) is 6.92 Å². The Labute approximate surface area is 100 Å². The lowest BCUT2D eigenvalue weighted by Crippen LogP contribution is -2.00. The van der Waals surface area contributed by atoms with Crippen LogP contribution in [0.4, 0.5) is 0 Å². The molecule has 0 saturated heterocycles. The van der Waals surface area contributed by atoms with Crippen LogP contribution in [0.5, 0.6) is 5.75 Å². The van der Waals surface area contributed by atoms with Gasteiger partial charge in [0.1, 0.15) is 5.75 Å². The van der Waals surface area contributed by atoms with Gasteiger partial charge >= 0.3 is 0 Å². The summed E-state index contributed by atoms with van der Waals surface area (Å²) in [6.07, 6.45) is 0. The maximum atomic E-state index is 11.3. The minimum Gasteiger partial charge on any atom is -0.494 e. The molecule has 0 radical (unpaired) electrons. The zero-order chi connectivity index (χ0) is 10.9. The fourth-order valence-electron chi connectivity index (χ4n) is 1.09. The summed E-state index contributed by atoms with van der Waals surface area (Å²) in [6, 6.07) is 1.59. The van der Waals surface area contributed by atoms with E-state index in [1.807, 2.05) is 0 Å². The first kappa shape index (κ1) is 11.8. The standard InChI is InChI=1S/C9H7BrCl2O2/c1-4(13)7-8(12)5(10)3-6(11)9(7)14-2/h3H,1-2H3. The molecule has 0 heterocycles. The molecule has 14 heavy (non-hydrogen) atoms. The van der Waals surface area contributed by atoms with E-state index in [0.717, 1.165) is 0 Å². The van der Waals surface area contributed by atoms with Gasteiger partial charge in [-0.15, -0.1) is 0 Å². The molecule has 1 aromatic rings. The molecule has 1 rings (SSSR count). The van der Waals surface area contributed by atoms with E-state index in [2.05, 4.69) is 15.9 Å². The third-order valence-electron chi connectivity index (χ3n) is 1.68. The second kappa shape index (κ2) is 4.51. The summed E-state index contributed by atoms with van der Waals surface area (Å²) in [6.45, 7) is 1.41. The molecule has 0 saturated carbocycles. The average molecular weight is 298 g/mol. The summed E-state index contributed by atoms with van der Waals surface area (Å²) < 4.78 is 5.59. The van der Waals surface area contributed by atoms with Crippen LogP contribution in [0.25, 0.3) is 0 Å². The molecule has 0 atom stereocenters. The highest BCUT2D eigenvalue weighted by molar-refractivity contribution is 9.10. The van der Waals surface area contributed by atoms with Gasteiger partial charge in [0.15, 0.2) is 5.78 Å². The molecule has 0 unspecified atom stereocenters. The van der Waals surface area contributed by atoms with E-state index in [9.17, 15) is 4.79 Å². The number of ketones is 1. The van der Waals surface area contributed by atoms with Crippen LogP contribution in [0.1, 0.15) is 17.3 Å². The van der Waals surface area contributed by atoms with Gasteiger partial charge in [-0.3, -0.25) is 4.79 Å². The Balaban J connectivity index is 3.56. The maximum absolute atomic E-state index is 11.3. The largest absolute Gasteiger partial charge is 0.494 e. The molecule has 5 heteroatoms. The first-order valence-corrected chi connectivity index (χ1v) is 5.26. The lowest BCUT2D eigenvalue weighted by molar-refractivity contribution is 0.101. The van der Waals surface area contributed by atoms with Gasteiger partial charge in [-0.2, -0.15) is 0 Å². The number of methoxy groups -OCH3 is 1. The van der Waals surface area contributed by atoms with Gasteiger partial charge in [0.2, 0.25) is 0 Å². The van der Waals surface area contributed by atoms with Crippen LogP contribution in [0.3, 0.4) is 0 Å². The summed E-state index contributed by atoms with van der Waals surface area (Å²) in [5.41, 5.74) is 0.300. The first-order chi connectivity index (χ1) is 6.49. The lowest BCUT2D eigenvalue weighted by Gasteiger charge is -2.10. The van der Waals surface area contributed by atoms with Crippen LogP contribution >= 0.6 is 39.1 Å². The van der Waals surface area contributed by atoms with Crippen LogP contribution < -0.4 is 4.74 Å². The minimum absolute atomic E-state index is 0.185. The third kappa shape index (κ3) is 2.05. The zero-order valence-corrected chi connectivity index (χ0v) is 10.6. The molecular weight excluding hydrogens is 291 g/mol. The van der Waals surface area contributed by atoms with Gasteiger partial charge in [0.25, 0.3) is 0 Å². The van der Waals surface area contributed by atoms with E-state index < -0.39 is 0 Å². The number of rotatable bonds is 2. The van der Waals surface area contributed by atoms with Crippen molar-refractivity contribution in [2.75, 3.05) is 7.11 Å². The summed E-state index contributed by atoms with van der Waals surface area (Å²) in [7, 11) is 1.44. The molecule has 0 aliphatic rings. The highest BCUT2D eigenvalue weighted by atomic mass is 79.9. The number of hydrogen-bond donors (Lipinski definition) is 0. The summed E-state index contributed by atoms with van der Waals surface area (Å²) in [5, 5.41) is 0.674. The second-order valence-electron chi connectivity index (χ2n) is 2.62. The molecule has 0 aliphatic heterocycles. The number of ether oxygens (including phenoxy) is 1. The molecule has 0 spiro atoms. The number of Topliss-reactive ketones (excluding diaryl/α,β-unsaturated/α-hetero) is 1. The zero-order valence-electron chi connectivity index (χ0n) is 7.53. The number of carbonyl (C=O) groups excluding carboxylic acids is 1. The van der Waals surface area contributed by atoms with Gasteiger partial charge in [-0.1, -0.05) is 23.2 Å². The number of halogens is 3. The van der Waals surface area contributed by atoms with E-state index >= 15 is 0 Å². The molecule has 0 N–H and O–H groups in total. The fourth-order valence-corrected chi connectivity index (χ4v) is 2.21. The molecule has 0 aromatic heterocycles. The number of carbonyl (C=O) groups is 1. The van der Waals surface area contributed by atoms with Crippen molar-refractivity contribution >= 4 is 44.9 Å². The van der Waals surface area contributed by atoms with Crippen molar-refractivity contribution in [3.8, 4) is 5.75 Å². The van der Waals surface area contributed by atoms with Gasteiger partial charge in [0.05, 0.1) is 22.7 Å². The van der Waals surface area contributed by atoms with Gasteiger partial charge in [0, 0.05) is 4.47 Å². The first-order valence-electron chi connectivity index (χ1n) is 3.71. The quantitative estimate of drug-likeness (QED) is 0.610. The summed E-state index contributed by atoms with van der Waals surface area (Å²) in [4.78, 5) is 11.3. The van der Waals surface area contributed by atoms with Gasteiger partial charge in [-0.05, 0) is 28.9 Å². The summed E-state index contributed by atoms with van der Waals surface area (Å²) >= 11 is 15.0. The predicted octanol–water partition coefficient (Wildman–Crippen LogP) is 3.97. The van der Waals surface area contributed by atoms with E-state index in [4.69, 9.17) is 27.9 Å². The fraction of sp³-hybridized carbons (Fsp3) is 0.222. The topological polar surface area (TPSA) is 26.3 Å². The van der Waals surface area contributed by atoms with Crippen LogP contribution in [0.15, 0.2) is 10.5 Å². The Bertz CT molecular complexity index is 391. The molecular formula is C9H7BrCl2O2. The molecule has 1 aromatic carbocycles. The van der Waals surface area contributed by atoms with Crippen molar-refractivity contribution < 1.29 is 9.53 Å². The maximum Gasteiger partial charge on any atom is 0.165 e. The van der Waals surface area contributed by atoms with E-state index in [1.165, 1.54) is 14.0 Å². The Morgan fingerprint density at radius 3 is 2.50 bits per heavy atom. The highest BCUT2D eigenvalue weighted by Gasteiger charge is 2.18. The van der Waals surface area contributed by atoms with E-state index in [-0.39, 0.29) is 5.78 Å². The smallest absolute Gasteiger partial charge is 0.165 e. The molecule has 0 aliphatic carbocycles. The SMILES string of the molecule is COc1c(Cl)cc(Br)c(Cl)c1C(C)=O. The minimum atomic E-state index is -0.185. The van der Waals surface area contributed by atoms with Gasteiger partial charge in [-0.25, -0.2) is 0 Å². The summed E-state index contributed by atoms with van der Waals surface area (Å²) in [5.74, 6) is 0.127. The molecule has 76 valence electrons. The highest BCUT2D eigenvalue weighted by Crippen LogP contribution is 2.39. The second-order valence-corrected chi connectivity index (χ2v) is 4.26. The molecule has 2 nitrogen and oxygen atoms in total. The van der Waals surface area contributed by atoms with Crippen molar-refractivity contribution in [1.29, 1.82) is 0 Å². The number of benzene rings is 1. The van der Waals surface area contributed by atoms with Crippen LogP contribution in [-0.4, -0.2) is 12.9 Å². The van der Waals surface area contributed by atoms with E-state index in [0.29, 0.717) is 25.8 Å². The Hall–Kier alpha value is -0.250. The molecule has 0 fully saturated rings. The third-order valence-corrected chi connectivity index (χ3v) is 3.21. The van der Waals surface area contributed by atoms with Crippen molar-refractivity contribution in [2.24, 2.45) is 0 Å². The van der Waals surface area contributed by atoms with Crippen LogP contribution in [-0.2, 0) is 0 Å². The van der Waals surface area contributed by atoms with Crippen LogP contribution in [0.2, 0.25) is 10.0 Å². The van der Waals surface area contributed by atoms with Crippen LogP contribution in [0, 0.1) is 0 Å². The lowest BCUT2D eigenvalue weighted by atomic mass is 10.1. The average Bonchev–Trinajstić information content (AvgIpc) is 2.10. The van der Waals surface area contributed by atoms with Crippen molar-refractivity contribution in [1.82, 2.24) is 0 Å².